The topological polar surface area (TPSA) is 210 Å². The Morgan fingerprint density at radius 1 is 0.711 bits per heavy atom. The number of carboxylic acids is 1. The van der Waals surface area contributed by atoms with E-state index in [9.17, 15) is 29.4 Å². The zero-order valence-electron chi connectivity index (χ0n) is 51.2. The highest BCUT2D eigenvalue weighted by Gasteiger charge is 2.64. The number of Topliss-reactive ketones (excluding diaryl/α,β-unsaturated/α-hetero) is 1. The molecule has 10 aliphatic rings. The van der Waals surface area contributed by atoms with Crippen molar-refractivity contribution in [2.24, 2.45) is 5.92 Å². The molecule has 0 spiro atoms. The largest absolute Gasteiger partial charge is 0.478 e. The Bertz CT molecular complexity index is 2390. The van der Waals surface area contributed by atoms with Crippen molar-refractivity contribution in [1.82, 2.24) is 0 Å². The molecule has 2 N–H and O–H groups in total. The normalized spacial score (nSPS) is 44.5. The zero-order chi connectivity index (χ0) is 59.1. The van der Waals surface area contributed by atoms with E-state index in [1.807, 2.05) is 27.7 Å². The van der Waals surface area contributed by atoms with Crippen LogP contribution >= 0.6 is 0 Å². The highest BCUT2D eigenvalue weighted by Crippen LogP contribution is 2.54. The summed E-state index contributed by atoms with van der Waals surface area (Å²) in [6, 6.07) is 0. The number of ketones is 1. The second-order valence-electron chi connectivity index (χ2n) is 28.0. The van der Waals surface area contributed by atoms with Crippen LogP contribution in [0.5, 0.6) is 0 Å². The molecule has 0 aromatic carbocycles. The number of carbonyl (C=O) groups is 4. The fourth-order valence-electron chi connectivity index (χ4n) is 16.0. The standard InChI is InChI=1S/C66H100O17/c1-10-11-12-13-14-15-16-17-18-19-20-21-22-25-57(69)78-50-37-64(7)52(35-49-60(82-64)40(3)31-58(70)77-49)75-45(50)30-39(2)59-43(67)26-28-63(6)53(79-59)36-54-65(8,83-63)38-56-62(5,81-54)27-23-24-44-46(76-56)33-48-47(74-44)34-55-66(9,80-48)51(68)32-42(73-55)29-41(4)61(71)72/h23-24,31,39,42,44-56,59-60,68H,4,10-22,25-30,32-38H2,1-3,5-9H3,(H,71,72)/b24-23-/t39-,42-,44-,45+,46+,47+,48-,49+,50-,51+,52-,53+,54-,55-,56-,59-,60-,62+,63-,64+,65+,66+/m1/s1. The number of unbranched alkanes of at least 4 members (excludes halogenated alkanes) is 12. The summed E-state index contributed by atoms with van der Waals surface area (Å²) in [4.78, 5) is 52.4. The average Bonchev–Trinajstić information content (AvgIpc) is 2.12. The van der Waals surface area contributed by atoms with Crippen LogP contribution in [0.3, 0.4) is 0 Å². The monoisotopic (exact) mass is 1160 g/mol. The van der Waals surface area contributed by atoms with Gasteiger partial charge in [0.05, 0.1) is 89.5 Å². The molecule has 10 aliphatic heterocycles. The summed E-state index contributed by atoms with van der Waals surface area (Å²) >= 11 is 0. The number of esters is 2. The van der Waals surface area contributed by atoms with E-state index in [0.717, 1.165) is 24.8 Å². The number of aliphatic hydroxyl groups excluding tert-OH is 1. The predicted octanol–water partition coefficient (Wildman–Crippen LogP) is 10.6. The lowest BCUT2D eigenvalue weighted by atomic mass is 9.72. The van der Waals surface area contributed by atoms with Crippen LogP contribution in [0.1, 0.15) is 222 Å². The van der Waals surface area contributed by atoms with Crippen molar-refractivity contribution >= 4 is 23.7 Å². The molecule has 83 heavy (non-hydrogen) atoms. The third-order valence-electron chi connectivity index (χ3n) is 21.1. The van der Waals surface area contributed by atoms with E-state index < -0.39 is 101 Å². The third-order valence-corrected chi connectivity index (χ3v) is 21.1. The van der Waals surface area contributed by atoms with Crippen molar-refractivity contribution < 1.29 is 81.5 Å². The van der Waals surface area contributed by atoms with Crippen LogP contribution in [0.15, 0.2) is 36.0 Å². The van der Waals surface area contributed by atoms with Gasteiger partial charge in [0.1, 0.15) is 36.1 Å². The average molecular weight is 1170 g/mol. The molecule has 0 bridgehead atoms. The number of fused-ring (bicyclic) bond motifs is 8. The minimum atomic E-state index is -1.08. The minimum Gasteiger partial charge on any atom is -0.478 e. The molecule has 10 rings (SSSR count). The predicted molar refractivity (Wildman–Crippen MR) is 306 cm³/mol. The number of aliphatic carboxylic acids is 1. The Labute approximate surface area is 493 Å². The van der Waals surface area contributed by atoms with Crippen molar-refractivity contribution in [2.75, 3.05) is 0 Å². The number of carbonyl (C=O) groups excluding carboxylic acids is 3. The summed E-state index contributed by atoms with van der Waals surface area (Å²) in [7, 11) is 0. The first-order valence-electron chi connectivity index (χ1n) is 32.4. The molecular weight excluding hydrogens is 1060 g/mol. The molecule has 0 aliphatic carbocycles. The Morgan fingerprint density at radius 2 is 1.40 bits per heavy atom. The molecule has 8 fully saturated rings. The maximum Gasteiger partial charge on any atom is 0.331 e. The fourth-order valence-corrected chi connectivity index (χ4v) is 16.0. The van der Waals surface area contributed by atoms with Gasteiger partial charge < -0.3 is 62.3 Å². The molecule has 0 aromatic heterocycles. The number of hydrogen-bond acceptors (Lipinski definition) is 16. The molecule has 10 heterocycles. The third kappa shape index (κ3) is 13.8. The van der Waals surface area contributed by atoms with Gasteiger partial charge in [-0.1, -0.05) is 110 Å². The first kappa shape index (κ1) is 62.9. The minimum absolute atomic E-state index is 0.00682. The molecule has 17 nitrogen and oxygen atoms in total. The fraction of sp³-hybridized carbons (Fsp3) is 0.848. The lowest BCUT2D eigenvalue weighted by molar-refractivity contribution is -0.356. The molecule has 17 heteroatoms. The number of ether oxygens (including phenoxy) is 11. The second kappa shape index (κ2) is 25.9. The molecule has 466 valence electrons. The van der Waals surface area contributed by atoms with Gasteiger partial charge in [0.15, 0.2) is 5.78 Å². The Morgan fingerprint density at radius 3 is 2.11 bits per heavy atom. The maximum atomic E-state index is 14.5. The van der Waals surface area contributed by atoms with Gasteiger partial charge in [-0.25, -0.2) is 9.59 Å². The van der Waals surface area contributed by atoms with Crippen molar-refractivity contribution in [3.63, 3.8) is 0 Å². The SMILES string of the molecule is C=C(C[C@@H]1C[C@H](O)[C@]2(C)O[C@@H]3C[C@@H]4O[C@@H]5C[C@]6(C)O[C@]7(C)CCC(=O)[C@@H]([C@H](C)C[C@@H]8O[C@@H]9C[C@@H]%10OC(=O)C=C(C)[C@H]%10O[C@@]9(C)C[C@H]8OC(=O)CCCCCCCCCCCCCCC)O[C@H]7C[C@H]6O[C@@]5(C)C/C=C\[C@H]4O[C@H]3C[C@H]2O1)C(=O)O. The molecule has 22 atom stereocenters. The van der Waals surface area contributed by atoms with Crippen molar-refractivity contribution in [3.05, 3.63) is 36.0 Å². The van der Waals surface area contributed by atoms with Gasteiger partial charge in [-0.05, 0) is 78.7 Å². The molecule has 0 radical (unpaired) electrons. The van der Waals surface area contributed by atoms with Crippen LogP contribution in [-0.4, -0.2) is 160 Å². The second-order valence-corrected chi connectivity index (χ2v) is 28.0. The van der Waals surface area contributed by atoms with Gasteiger partial charge in [0, 0.05) is 75.9 Å². The van der Waals surface area contributed by atoms with E-state index in [4.69, 9.17) is 52.1 Å². The number of aliphatic hydroxyl groups is 1. The van der Waals surface area contributed by atoms with Crippen LogP contribution in [0.2, 0.25) is 0 Å². The smallest absolute Gasteiger partial charge is 0.331 e. The van der Waals surface area contributed by atoms with Crippen LogP contribution < -0.4 is 0 Å². The highest BCUT2D eigenvalue weighted by molar-refractivity contribution is 5.86. The van der Waals surface area contributed by atoms with Gasteiger partial charge in [-0.2, -0.15) is 0 Å². The molecule has 0 unspecified atom stereocenters. The molecule has 0 saturated carbocycles. The summed E-state index contributed by atoms with van der Waals surface area (Å²) in [6.07, 6.45) is 18.7. The number of hydrogen-bond donors (Lipinski definition) is 2. The van der Waals surface area contributed by atoms with E-state index in [2.05, 4.69) is 46.4 Å². The molecule has 0 aromatic rings. The van der Waals surface area contributed by atoms with E-state index in [1.54, 1.807) is 0 Å². The Balaban J connectivity index is 0.771. The molecule has 0 amide bonds. The first-order valence-corrected chi connectivity index (χ1v) is 32.4. The van der Waals surface area contributed by atoms with E-state index in [1.165, 1.54) is 70.3 Å². The van der Waals surface area contributed by atoms with Crippen LogP contribution in [-0.2, 0) is 71.3 Å². The summed E-state index contributed by atoms with van der Waals surface area (Å²) in [5.74, 6) is -2.07. The number of rotatable bonds is 21. The van der Waals surface area contributed by atoms with Gasteiger partial charge in [0.25, 0.3) is 0 Å². The summed E-state index contributed by atoms with van der Waals surface area (Å²) in [5, 5.41) is 21.0. The lowest BCUT2D eigenvalue weighted by Gasteiger charge is -2.60. The van der Waals surface area contributed by atoms with E-state index in [0.29, 0.717) is 64.2 Å². The highest BCUT2D eigenvalue weighted by atomic mass is 16.6. The first-order chi connectivity index (χ1) is 39.5. The van der Waals surface area contributed by atoms with Crippen molar-refractivity contribution in [3.8, 4) is 0 Å². The van der Waals surface area contributed by atoms with Crippen molar-refractivity contribution in [1.29, 1.82) is 0 Å². The summed E-state index contributed by atoms with van der Waals surface area (Å²) in [6.45, 7) is 20.0. The van der Waals surface area contributed by atoms with Crippen LogP contribution in [0.4, 0.5) is 0 Å². The quantitative estimate of drug-likeness (QED) is 0.0474. The van der Waals surface area contributed by atoms with Gasteiger partial charge in [-0.15, -0.1) is 0 Å². The summed E-state index contributed by atoms with van der Waals surface area (Å²) in [5.41, 5.74) is -3.34. The van der Waals surface area contributed by atoms with E-state index >= 15 is 0 Å². The Kier molecular flexibility index (Phi) is 19.7. The maximum absolute atomic E-state index is 14.5. The van der Waals surface area contributed by atoms with Crippen LogP contribution in [0, 0.1) is 5.92 Å². The van der Waals surface area contributed by atoms with Crippen LogP contribution in [0.25, 0.3) is 0 Å². The number of carboxylic acid groups (broad SMARTS) is 1. The van der Waals surface area contributed by atoms with Crippen molar-refractivity contribution in [2.45, 2.75) is 348 Å². The molecular formula is C66H100O17. The molecule has 8 saturated heterocycles. The zero-order valence-corrected chi connectivity index (χ0v) is 51.2. The van der Waals surface area contributed by atoms with Gasteiger partial charge >= 0.3 is 17.9 Å². The Hall–Kier alpha value is -3.10. The van der Waals surface area contributed by atoms with E-state index in [-0.39, 0.29) is 79.1 Å². The van der Waals surface area contributed by atoms with Gasteiger partial charge in [-0.3, -0.25) is 9.59 Å². The summed E-state index contributed by atoms with van der Waals surface area (Å²) < 4.78 is 74.7. The lowest BCUT2D eigenvalue weighted by Crippen LogP contribution is -2.70. The van der Waals surface area contributed by atoms with Gasteiger partial charge in [0.2, 0.25) is 0 Å².